The largest absolute Gasteiger partial charge is 0.483 e. The summed E-state index contributed by atoms with van der Waals surface area (Å²) in [5.74, 6) is 1.64. The van der Waals surface area contributed by atoms with Crippen molar-refractivity contribution in [1.82, 2.24) is 9.55 Å². The highest BCUT2D eigenvalue weighted by Gasteiger charge is 2.24. The fraction of sp³-hybridized carbons (Fsp3) is 0.211. The minimum Gasteiger partial charge on any atom is -0.483 e. The zero-order valence-electron chi connectivity index (χ0n) is 13.9. The number of hydrogen-bond donors (Lipinski definition) is 0. The Bertz CT molecular complexity index is 958. The maximum Gasteiger partial charge on any atom is 0.152 e. The zero-order valence-corrected chi connectivity index (χ0v) is 14.7. The van der Waals surface area contributed by atoms with E-state index in [-0.39, 0.29) is 0 Å². The summed E-state index contributed by atoms with van der Waals surface area (Å²) in [6.07, 6.45) is 1.68. The van der Waals surface area contributed by atoms with E-state index in [0.717, 1.165) is 39.1 Å². The van der Waals surface area contributed by atoms with Gasteiger partial charge in [-0.05, 0) is 32.0 Å². The number of aryl methyl sites for hydroxylation is 2. The van der Waals surface area contributed by atoms with Crippen LogP contribution in [0, 0.1) is 13.8 Å². The molecule has 4 nitrogen and oxygen atoms in total. The van der Waals surface area contributed by atoms with Gasteiger partial charge in [0.1, 0.15) is 12.4 Å². The number of nitrogens with zero attached hydrogens (tertiary/aromatic N) is 2. The first kappa shape index (κ1) is 15.1. The average molecular weight is 338 g/mol. The van der Waals surface area contributed by atoms with Crippen LogP contribution in [0.1, 0.15) is 17.1 Å². The summed E-state index contributed by atoms with van der Waals surface area (Å²) in [5, 5.41) is 0. The minimum absolute atomic E-state index is 0.416. The van der Waals surface area contributed by atoms with Gasteiger partial charge in [0.2, 0.25) is 0 Å². The maximum absolute atomic E-state index is 11.7. The molecule has 24 heavy (non-hydrogen) atoms. The molecule has 4 rings (SSSR count). The predicted octanol–water partition coefficient (Wildman–Crippen LogP) is 3.79. The molecule has 0 saturated carbocycles. The molecule has 3 aromatic rings. The number of imidazole rings is 1. The third-order valence-corrected chi connectivity index (χ3v) is 5.22. The summed E-state index contributed by atoms with van der Waals surface area (Å²) < 4.78 is 19.7. The second-order valence-electron chi connectivity index (χ2n) is 6.04. The third kappa shape index (κ3) is 2.36. The standard InChI is InChI=1S/C19H18N2O2S/c1-12-4-6-14(7-5-12)19-13(2)20-18-11-23-17-10-15(24(3)22)8-9-16(17)21(18)19/h4-10H,11H2,1-3H3. The van der Waals surface area contributed by atoms with Crippen LogP contribution in [0.25, 0.3) is 16.9 Å². The first-order valence-electron chi connectivity index (χ1n) is 7.80. The summed E-state index contributed by atoms with van der Waals surface area (Å²) in [4.78, 5) is 5.45. The molecule has 1 unspecified atom stereocenters. The van der Waals surface area contributed by atoms with E-state index in [1.165, 1.54) is 5.56 Å². The van der Waals surface area contributed by atoms with Crippen molar-refractivity contribution in [2.75, 3.05) is 6.26 Å². The van der Waals surface area contributed by atoms with Crippen LogP contribution in [0.5, 0.6) is 5.75 Å². The van der Waals surface area contributed by atoms with Crippen molar-refractivity contribution in [3.63, 3.8) is 0 Å². The van der Waals surface area contributed by atoms with Crippen LogP contribution >= 0.6 is 0 Å². The molecule has 1 atom stereocenters. The number of aromatic nitrogens is 2. The van der Waals surface area contributed by atoms with Crippen molar-refractivity contribution in [3.8, 4) is 22.7 Å². The summed E-state index contributed by atoms with van der Waals surface area (Å²) >= 11 is 0. The molecule has 0 saturated heterocycles. The van der Waals surface area contributed by atoms with E-state index in [4.69, 9.17) is 4.74 Å². The molecule has 2 heterocycles. The highest BCUT2D eigenvalue weighted by atomic mass is 32.2. The van der Waals surface area contributed by atoms with Crippen molar-refractivity contribution < 1.29 is 8.95 Å². The molecule has 0 bridgehead atoms. The lowest BCUT2D eigenvalue weighted by Gasteiger charge is -2.22. The van der Waals surface area contributed by atoms with Gasteiger partial charge >= 0.3 is 0 Å². The van der Waals surface area contributed by atoms with Crippen molar-refractivity contribution in [2.45, 2.75) is 25.3 Å². The molecule has 1 aliphatic heterocycles. The van der Waals surface area contributed by atoms with Crippen LogP contribution in [0.4, 0.5) is 0 Å². The quantitative estimate of drug-likeness (QED) is 0.714. The molecule has 1 aromatic heterocycles. The van der Waals surface area contributed by atoms with E-state index in [1.807, 2.05) is 25.1 Å². The normalized spacial score (nSPS) is 13.8. The Morgan fingerprint density at radius 1 is 1.12 bits per heavy atom. The summed E-state index contributed by atoms with van der Waals surface area (Å²) in [7, 11) is -1.03. The Labute approximate surface area is 143 Å². The summed E-state index contributed by atoms with van der Waals surface area (Å²) in [5.41, 5.74) is 5.37. The highest BCUT2D eigenvalue weighted by Crippen LogP contribution is 2.37. The average Bonchev–Trinajstić information content (AvgIpc) is 2.91. The fourth-order valence-corrected chi connectivity index (χ4v) is 3.64. The van der Waals surface area contributed by atoms with Gasteiger partial charge in [-0.15, -0.1) is 0 Å². The smallest absolute Gasteiger partial charge is 0.152 e. The van der Waals surface area contributed by atoms with Crippen LogP contribution < -0.4 is 4.74 Å². The van der Waals surface area contributed by atoms with Crippen molar-refractivity contribution in [3.05, 3.63) is 59.5 Å². The van der Waals surface area contributed by atoms with Gasteiger partial charge in [0.15, 0.2) is 5.82 Å². The van der Waals surface area contributed by atoms with Crippen LogP contribution in [-0.2, 0) is 17.4 Å². The van der Waals surface area contributed by atoms with Gasteiger partial charge in [0.05, 0.1) is 17.1 Å². The van der Waals surface area contributed by atoms with Crippen molar-refractivity contribution in [2.24, 2.45) is 0 Å². The van der Waals surface area contributed by atoms with Crippen LogP contribution in [0.3, 0.4) is 0 Å². The Morgan fingerprint density at radius 2 is 1.88 bits per heavy atom. The minimum atomic E-state index is -1.03. The first-order valence-corrected chi connectivity index (χ1v) is 9.36. The Hall–Kier alpha value is -2.40. The molecular formula is C19H18N2O2S. The van der Waals surface area contributed by atoms with Crippen LogP contribution in [-0.4, -0.2) is 20.0 Å². The number of rotatable bonds is 2. The van der Waals surface area contributed by atoms with Gasteiger partial charge < -0.3 is 4.74 Å². The molecular weight excluding hydrogens is 320 g/mol. The van der Waals surface area contributed by atoms with Gasteiger partial charge in [-0.2, -0.15) is 0 Å². The van der Waals surface area contributed by atoms with E-state index >= 15 is 0 Å². The molecule has 1 aliphatic rings. The van der Waals surface area contributed by atoms with Crippen LogP contribution in [0.2, 0.25) is 0 Å². The summed E-state index contributed by atoms with van der Waals surface area (Å²) in [6, 6.07) is 14.2. The monoisotopic (exact) mass is 338 g/mol. The molecule has 0 radical (unpaired) electrons. The lowest BCUT2D eigenvalue weighted by Crippen LogP contribution is -2.14. The molecule has 0 spiro atoms. The van der Waals surface area contributed by atoms with E-state index in [9.17, 15) is 4.21 Å². The van der Waals surface area contributed by atoms with Gasteiger partial charge in [0.25, 0.3) is 0 Å². The maximum atomic E-state index is 11.7. The van der Waals surface area contributed by atoms with Gasteiger partial charge in [-0.25, -0.2) is 4.98 Å². The highest BCUT2D eigenvalue weighted by molar-refractivity contribution is 7.84. The molecule has 0 fully saturated rings. The Kier molecular flexibility index (Phi) is 3.53. The molecule has 0 aliphatic carbocycles. The second kappa shape index (κ2) is 5.60. The van der Waals surface area contributed by atoms with Crippen molar-refractivity contribution >= 4 is 10.8 Å². The lowest BCUT2D eigenvalue weighted by molar-refractivity contribution is 0.279. The predicted molar refractivity (Wildman–Crippen MR) is 95.1 cm³/mol. The van der Waals surface area contributed by atoms with Gasteiger partial charge in [0, 0.05) is 27.5 Å². The van der Waals surface area contributed by atoms with Gasteiger partial charge in [-0.1, -0.05) is 29.8 Å². The Morgan fingerprint density at radius 3 is 2.58 bits per heavy atom. The van der Waals surface area contributed by atoms with E-state index in [2.05, 4.69) is 40.7 Å². The SMILES string of the molecule is Cc1ccc(-c2c(C)nc3n2-c2ccc(S(C)=O)cc2OC3)cc1. The van der Waals surface area contributed by atoms with E-state index in [1.54, 1.807) is 6.26 Å². The summed E-state index contributed by atoms with van der Waals surface area (Å²) in [6.45, 7) is 4.52. The number of ether oxygens (including phenoxy) is 1. The van der Waals surface area contributed by atoms with E-state index in [0.29, 0.717) is 6.61 Å². The fourth-order valence-electron chi connectivity index (χ4n) is 3.11. The lowest BCUT2D eigenvalue weighted by atomic mass is 10.1. The number of benzene rings is 2. The second-order valence-corrected chi connectivity index (χ2v) is 7.42. The van der Waals surface area contributed by atoms with Gasteiger partial charge in [-0.3, -0.25) is 8.78 Å². The molecule has 5 heteroatoms. The number of fused-ring (bicyclic) bond motifs is 3. The van der Waals surface area contributed by atoms with Crippen molar-refractivity contribution in [1.29, 1.82) is 0 Å². The molecule has 2 aromatic carbocycles. The Balaban J connectivity index is 1.93. The third-order valence-electron chi connectivity index (χ3n) is 4.31. The van der Waals surface area contributed by atoms with Crippen LogP contribution in [0.15, 0.2) is 47.4 Å². The zero-order chi connectivity index (χ0) is 16.8. The molecule has 0 N–H and O–H groups in total. The molecule has 122 valence electrons. The topological polar surface area (TPSA) is 44.1 Å². The van der Waals surface area contributed by atoms with E-state index < -0.39 is 10.8 Å². The molecule has 0 amide bonds. The number of hydrogen-bond acceptors (Lipinski definition) is 3. The first-order chi connectivity index (χ1) is 11.5.